The second-order valence-corrected chi connectivity index (χ2v) is 3.67. The summed E-state index contributed by atoms with van der Waals surface area (Å²) in [6, 6.07) is 5.95. The Morgan fingerprint density at radius 3 is 2.69 bits per heavy atom. The lowest BCUT2D eigenvalue weighted by Crippen LogP contribution is -2.08. The third-order valence-electron chi connectivity index (χ3n) is 2.52. The molecule has 0 aliphatic rings. The van der Waals surface area contributed by atoms with E-state index in [0.29, 0.717) is 5.56 Å². The van der Waals surface area contributed by atoms with Crippen LogP contribution in [0.1, 0.15) is 29.2 Å². The Kier molecular flexibility index (Phi) is 4.07. The molecule has 3 nitrogen and oxygen atoms in total. The number of benzene rings is 1. The van der Waals surface area contributed by atoms with Gasteiger partial charge in [-0.05, 0) is 36.1 Å². The van der Waals surface area contributed by atoms with Crippen molar-refractivity contribution >= 4 is 5.97 Å². The molecule has 0 amide bonds. The van der Waals surface area contributed by atoms with Gasteiger partial charge in [-0.1, -0.05) is 13.0 Å². The minimum absolute atomic E-state index is 0.232. The first-order valence-electron chi connectivity index (χ1n) is 5.21. The summed E-state index contributed by atoms with van der Waals surface area (Å²) >= 11 is 0. The summed E-state index contributed by atoms with van der Waals surface area (Å²) in [5.74, 6) is -0.274. The summed E-state index contributed by atoms with van der Waals surface area (Å²) < 4.78 is 4.65. The summed E-state index contributed by atoms with van der Waals surface area (Å²) in [6.07, 6.45) is 0.978. The van der Waals surface area contributed by atoms with Gasteiger partial charge in [-0.15, -0.1) is 0 Å². The van der Waals surface area contributed by atoms with Crippen molar-refractivity contribution in [2.45, 2.75) is 26.7 Å². The summed E-state index contributed by atoms with van der Waals surface area (Å²) in [7, 11) is 1.37. The van der Waals surface area contributed by atoms with E-state index in [-0.39, 0.29) is 12.4 Å². The zero-order chi connectivity index (χ0) is 12.1. The SMILES string of the molecule is CCc1c(C#N)cc(C)cc1CC(=O)OC. The van der Waals surface area contributed by atoms with Crippen LogP contribution < -0.4 is 0 Å². The van der Waals surface area contributed by atoms with Gasteiger partial charge in [0, 0.05) is 0 Å². The average Bonchev–Trinajstić information content (AvgIpc) is 2.28. The lowest BCUT2D eigenvalue weighted by atomic mass is 9.95. The van der Waals surface area contributed by atoms with Crippen LogP contribution in [-0.2, 0) is 22.4 Å². The molecule has 0 saturated carbocycles. The first-order valence-corrected chi connectivity index (χ1v) is 5.21. The zero-order valence-corrected chi connectivity index (χ0v) is 9.83. The Labute approximate surface area is 95.7 Å². The molecule has 0 fully saturated rings. The lowest BCUT2D eigenvalue weighted by molar-refractivity contribution is -0.139. The van der Waals surface area contributed by atoms with Crippen molar-refractivity contribution in [1.82, 2.24) is 0 Å². The van der Waals surface area contributed by atoms with Crippen LogP contribution in [0.3, 0.4) is 0 Å². The highest BCUT2D eigenvalue weighted by Gasteiger charge is 2.11. The minimum atomic E-state index is -0.274. The molecule has 0 aliphatic heterocycles. The molecule has 1 aromatic carbocycles. The molecular formula is C13H15NO2. The Hall–Kier alpha value is -1.82. The fraction of sp³-hybridized carbons (Fsp3) is 0.385. The standard InChI is InChI=1S/C13H15NO2/c1-4-12-10(7-13(15)16-3)5-9(2)6-11(12)8-14/h5-6H,4,7H2,1-3H3. The van der Waals surface area contributed by atoms with Crippen LogP contribution in [0, 0.1) is 18.3 Å². The Morgan fingerprint density at radius 2 is 2.19 bits per heavy atom. The normalized spacial score (nSPS) is 9.62. The fourth-order valence-electron chi connectivity index (χ4n) is 1.79. The summed E-state index contributed by atoms with van der Waals surface area (Å²) in [6.45, 7) is 3.90. The third-order valence-corrected chi connectivity index (χ3v) is 2.52. The minimum Gasteiger partial charge on any atom is -0.469 e. The van der Waals surface area contributed by atoms with E-state index in [1.54, 1.807) is 0 Å². The number of nitrogens with zero attached hydrogens (tertiary/aromatic N) is 1. The van der Waals surface area contributed by atoms with Crippen LogP contribution in [0.15, 0.2) is 12.1 Å². The first kappa shape index (κ1) is 12.3. The highest BCUT2D eigenvalue weighted by molar-refractivity contribution is 5.73. The van der Waals surface area contributed by atoms with Gasteiger partial charge in [-0.3, -0.25) is 4.79 Å². The molecule has 0 N–H and O–H groups in total. The quantitative estimate of drug-likeness (QED) is 0.729. The largest absolute Gasteiger partial charge is 0.469 e. The molecular weight excluding hydrogens is 202 g/mol. The summed E-state index contributed by atoms with van der Waals surface area (Å²) in [5.41, 5.74) is 3.48. The van der Waals surface area contributed by atoms with Crippen LogP contribution in [-0.4, -0.2) is 13.1 Å². The van der Waals surface area contributed by atoms with E-state index in [2.05, 4.69) is 10.8 Å². The van der Waals surface area contributed by atoms with Crippen molar-refractivity contribution in [3.05, 3.63) is 34.4 Å². The number of methoxy groups -OCH3 is 1. The molecule has 3 heteroatoms. The molecule has 0 spiro atoms. The highest BCUT2D eigenvalue weighted by Crippen LogP contribution is 2.18. The topological polar surface area (TPSA) is 50.1 Å². The Morgan fingerprint density at radius 1 is 1.50 bits per heavy atom. The van der Waals surface area contributed by atoms with Crippen molar-refractivity contribution in [3.8, 4) is 6.07 Å². The molecule has 84 valence electrons. The molecule has 1 aromatic rings. The van der Waals surface area contributed by atoms with Crippen LogP contribution in [0.4, 0.5) is 0 Å². The van der Waals surface area contributed by atoms with Crippen molar-refractivity contribution in [1.29, 1.82) is 5.26 Å². The van der Waals surface area contributed by atoms with Gasteiger partial charge in [0.05, 0.1) is 25.2 Å². The predicted molar refractivity (Wildman–Crippen MR) is 61.0 cm³/mol. The number of carbonyl (C=O) groups excluding carboxylic acids is 1. The van der Waals surface area contributed by atoms with Crippen LogP contribution in [0.2, 0.25) is 0 Å². The molecule has 0 aromatic heterocycles. The van der Waals surface area contributed by atoms with Gasteiger partial charge in [0.25, 0.3) is 0 Å². The first-order chi connectivity index (χ1) is 7.62. The van der Waals surface area contributed by atoms with Gasteiger partial charge in [-0.25, -0.2) is 0 Å². The molecule has 0 atom stereocenters. The number of nitriles is 1. The van der Waals surface area contributed by atoms with E-state index in [9.17, 15) is 4.79 Å². The Bertz CT molecular complexity index is 444. The van der Waals surface area contributed by atoms with Crippen LogP contribution >= 0.6 is 0 Å². The lowest BCUT2D eigenvalue weighted by Gasteiger charge is -2.10. The molecule has 0 heterocycles. The maximum atomic E-state index is 11.3. The van der Waals surface area contributed by atoms with E-state index in [1.807, 2.05) is 26.0 Å². The number of aryl methyl sites for hydroxylation is 1. The number of hydrogen-bond donors (Lipinski definition) is 0. The predicted octanol–water partition coefficient (Wildman–Crippen LogP) is 2.14. The summed E-state index contributed by atoms with van der Waals surface area (Å²) in [4.78, 5) is 11.3. The number of esters is 1. The van der Waals surface area contributed by atoms with Gasteiger partial charge in [-0.2, -0.15) is 5.26 Å². The Balaban J connectivity index is 3.21. The van der Waals surface area contributed by atoms with E-state index in [1.165, 1.54) is 7.11 Å². The number of carbonyl (C=O) groups is 1. The molecule has 0 unspecified atom stereocenters. The maximum absolute atomic E-state index is 11.3. The number of rotatable bonds is 3. The average molecular weight is 217 g/mol. The molecule has 1 rings (SSSR count). The molecule has 0 radical (unpaired) electrons. The van der Waals surface area contributed by atoms with Gasteiger partial charge in [0.2, 0.25) is 0 Å². The monoisotopic (exact) mass is 217 g/mol. The van der Waals surface area contributed by atoms with Gasteiger partial charge in [0.15, 0.2) is 0 Å². The van der Waals surface area contributed by atoms with E-state index in [0.717, 1.165) is 23.1 Å². The fourth-order valence-corrected chi connectivity index (χ4v) is 1.79. The maximum Gasteiger partial charge on any atom is 0.309 e. The van der Waals surface area contributed by atoms with Crippen LogP contribution in [0.25, 0.3) is 0 Å². The van der Waals surface area contributed by atoms with E-state index < -0.39 is 0 Å². The zero-order valence-electron chi connectivity index (χ0n) is 9.83. The second kappa shape index (κ2) is 5.32. The van der Waals surface area contributed by atoms with Crippen molar-refractivity contribution in [2.75, 3.05) is 7.11 Å². The smallest absolute Gasteiger partial charge is 0.309 e. The van der Waals surface area contributed by atoms with E-state index >= 15 is 0 Å². The summed E-state index contributed by atoms with van der Waals surface area (Å²) in [5, 5.41) is 9.02. The van der Waals surface area contributed by atoms with Crippen molar-refractivity contribution in [2.24, 2.45) is 0 Å². The van der Waals surface area contributed by atoms with E-state index in [4.69, 9.17) is 5.26 Å². The van der Waals surface area contributed by atoms with Crippen molar-refractivity contribution in [3.63, 3.8) is 0 Å². The molecule has 0 saturated heterocycles. The van der Waals surface area contributed by atoms with Gasteiger partial charge in [0.1, 0.15) is 0 Å². The van der Waals surface area contributed by atoms with Gasteiger partial charge < -0.3 is 4.74 Å². The molecule has 16 heavy (non-hydrogen) atoms. The second-order valence-electron chi connectivity index (χ2n) is 3.67. The third kappa shape index (κ3) is 2.60. The number of ether oxygens (including phenoxy) is 1. The highest BCUT2D eigenvalue weighted by atomic mass is 16.5. The van der Waals surface area contributed by atoms with Gasteiger partial charge >= 0.3 is 5.97 Å². The van der Waals surface area contributed by atoms with Crippen LogP contribution in [0.5, 0.6) is 0 Å². The number of hydrogen-bond acceptors (Lipinski definition) is 3. The molecule has 0 aliphatic carbocycles. The van der Waals surface area contributed by atoms with Crippen molar-refractivity contribution < 1.29 is 9.53 Å². The molecule has 0 bridgehead atoms.